The van der Waals surface area contributed by atoms with Crippen LogP contribution in [0.4, 0.5) is 13.2 Å². The van der Waals surface area contributed by atoms with Gasteiger partial charge in [0.05, 0.1) is 0 Å². The second-order valence-electron chi connectivity index (χ2n) is 5.05. The fourth-order valence-electron chi connectivity index (χ4n) is 2.43. The van der Waals surface area contributed by atoms with Gasteiger partial charge in [-0.1, -0.05) is 60.7 Å². The summed E-state index contributed by atoms with van der Waals surface area (Å²) < 4.78 is 39.4. The van der Waals surface area contributed by atoms with Crippen LogP contribution in [0.15, 0.2) is 72.9 Å². The normalized spacial score (nSPS) is 12.3. The standard InChI is InChI=1S/C17H13F3N2O/c18-17(19,20)15-11-12-22(21-15)16(23,13-7-3-1-4-8-13)14-9-5-2-6-10-14/h1-12,23H. The highest BCUT2D eigenvalue weighted by molar-refractivity contribution is 5.36. The molecule has 1 aromatic heterocycles. The molecule has 0 saturated carbocycles. The van der Waals surface area contributed by atoms with Crippen LogP contribution in [0.5, 0.6) is 0 Å². The lowest BCUT2D eigenvalue weighted by Crippen LogP contribution is -2.36. The molecule has 6 heteroatoms. The van der Waals surface area contributed by atoms with Crippen LogP contribution in [0.25, 0.3) is 0 Å². The number of alkyl halides is 3. The topological polar surface area (TPSA) is 38.0 Å². The second-order valence-corrected chi connectivity index (χ2v) is 5.05. The lowest BCUT2D eigenvalue weighted by Gasteiger charge is -2.29. The summed E-state index contributed by atoms with van der Waals surface area (Å²) in [6.45, 7) is 0. The molecule has 0 unspecified atom stereocenters. The van der Waals surface area contributed by atoms with Gasteiger partial charge < -0.3 is 5.11 Å². The van der Waals surface area contributed by atoms with E-state index < -0.39 is 17.6 Å². The minimum Gasteiger partial charge on any atom is -0.362 e. The van der Waals surface area contributed by atoms with Gasteiger partial charge in [-0.15, -0.1) is 0 Å². The first-order valence-corrected chi connectivity index (χ1v) is 6.89. The molecule has 0 atom stereocenters. The van der Waals surface area contributed by atoms with Crippen molar-refractivity contribution < 1.29 is 18.3 Å². The van der Waals surface area contributed by atoms with Crippen LogP contribution in [0.1, 0.15) is 16.8 Å². The molecule has 3 aromatic rings. The highest BCUT2D eigenvalue weighted by Crippen LogP contribution is 2.33. The molecule has 23 heavy (non-hydrogen) atoms. The Morgan fingerprint density at radius 2 is 1.26 bits per heavy atom. The highest BCUT2D eigenvalue weighted by Gasteiger charge is 2.39. The Morgan fingerprint density at radius 1 is 0.783 bits per heavy atom. The van der Waals surface area contributed by atoms with Crippen molar-refractivity contribution in [1.29, 1.82) is 0 Å². The predicted molar refractivity (Wildman–Crippen MR) is 78.5 cm³/mol. The van der Waals surface area contributed by atoms with Gasteiger partial charge in [0.25, 0.3) is 0 Å². The molecule has 0 amide bonds. The first-order valence-electron chi connectivity index (χ1n) is 6.89. The first-order chi connectivity index (χ1) is 10.9. The van der Waals surface area contributed by atoms with Crippen molar-refractivity contribution in [3.8, 4) is 0 Å². The summed E-state index contributed by atoms with van der Waals surface area (Å²) in [5, 5.41) is 14.8. The Kier molecular flexibility index (Phi) is 3.69. The summed E-state index contributed by atoms with van der Waals surface area (Å²) in [5.41, 5.74) is -2.04. The Labute approximate surface area is 130 Å². The van der Waals surface area contributed by atoms with E-state index in [1.807, 2.05) is 0 Å². The Hall–Kier alpha value is -2.60. The third kappa shape index (κ3) is 2.73. The van der Waals surface area contributed by atoms with Crippen LogP contribution >= 0.6 is 0 Å². The van der Waals surface area contributed by atoms with Crippen molar-refractivity contribution >= 4 is 0 Å². The molecule has 0 spiro atoms. The van der Waals surface area contributed by atoms with Gasteiger partial charge in [-0.3, -0.25) is 0 Å². The van der Waals surface area contributed by atoms with E-state index in [4.69, 9.17) is 0 Å². The maximum Gasteiger partial charge on any atom is 0.435 e. The number of aliphatic hydroxyl groups is 1. The smallest absolute Gasteiger partial charge is 0.362 e. The molecular formula is C17H13F3N2O. The molecule has 0 radical (unpaired) electrons. The van der Waals surface area contributed by atoms with Crippen LogP contribution in [-0.4, -0.2) is 14.9 Å². The van der Waals surface area contributed by atoms with Crippen molar-refractivity contribution in [3.05, 3.63) is 89.7 Å². The third-order valence-corrected chi connectivity index (χ3v) is 3.56. The molecule has 0 saturated heterocycles. The third-order valence-electron chi connectivity index (χ3n) is 3.56. The number of benzene rings is 2. The summed E-state index contributed by atoms with van der Waals surface area (Å²) in [5.74, 6) is 0. The zero-order valence-corrected chi connectivity index (χ0v) is 11.9. The average Bonchev–Trinajstić information content (AvgIpc) is 3.06. The Balaban J connectivity index is 2.19. The summed E-state index contributed by atoms with van der Waals surface area (Å²) in [7, 11) is 0. The van der Waals surface area contributed by atoms with Gasteiger partial charge in [-0.2, -0.15) is 18.3 Å². The molecule has 3 nitrogen and oxygen atoms in total. The fraction of sp³-hybridized carbons (Fsp3) is 0.118. The minimum atomic E-state index is -4.57. The first kappa shape index (κ1) is 15.3. The molecule has 3 rings (SSSR count). The molecular weight excluding hydrogens is 305 g/mol. The van der Waals surface area contributed by atoms with E-state index in [2.05, 4.69) is 5.10 Å². The summed E-state index contributed by atoms with van der Waals surface area (Å²) in [6, 6.07) is 17.8. The van der Waals surface area contributed by atoms with Gasteiger partial charge in [-0.05, 0) is 6.07 Å². The SMILES string of the molecule is OC(c1ccccc1)(c1ccccc1)n1ccc(C(F)(F)F)n1. The van der Waals surface area contributed by atoms with E-state index >= 15 is 0 Å². The van der Waals surface area contributed by atoms with Crippen molar-refractivity contribution in [2.24, 2.45) is 0 Å². The van der Waals surface area contributed by atoms with Crippen molar-refractivity contribution in [2.75, 3.05) is 0 Å². The maximum atomic E-state index is 12.8. The molecule has 1 heterocycles. The molecule has 0 aliphatic carbocycles. The van der Waals surface area contributed by atoms with E-state index in [1.54, 1.807) is 60.7 Å². The predicted octanol–water partition coefficient (Wildman–Crippen LogP) is 3.64. The molecule has 118 valence electrons. The van der Waals surface area contributed by atoms with Crippen LogP contribution in [0.2, 0.25) is 0 Å². The highest BCUT2D eigenvalue weighted by atomic mass is 19.4. The van der Waals surface area contributed by atoms with Gasteiger partial charge in [0.1, 0.15) is 0 Å². The van der Waals surface area contributed by atoms with Gasteiger partial charge in [-0.25, -0.2) is 4.68 Å². The summed E-state index contributed by atoms with van der Waals surface area (Å²) in [4.78, 5) is 0. The number of hydrogen-bond acceptors (Lipinski definition) is 2. The fourth-order valence-corrected chi connectivity index (χ4v) is 2.43. The summed E-state index contributed by atoms with van der Waals surface area (Å²) >= 11 is 0. The molecule has 1 N–H and O–H groups in total. The number of aromatic nitrogens is 2. The van der Waals surface area contributed by atoms with Crippen LogP contribution in [0.3, 0.4) is 0 Å². The number of halogens is 3. The van der Waals surface area contributed by atoms with E-state index in [-0.39, 0.29) is 0 Å². The molecule has 2 aromatic carbocycles. The lowest BCUT2D eigenvalue weighted by molar-refractivity contribution is -0.142. The van der Waals surface area contributed by atoms with Crippen molar-refractivity contribution in [2.45, 2.75) is 11.9 Å². The monoisotopic (exact) mass is 318 g/mol. The van der Waals surface area contributed by atoms with Gasteiger partial charge in [0, 0.05) is 17.3 Å². The quantitative estimate of drug-likeness (QED) is 0.800. The van der Waals surface area contributed by atoms with Gasteiger partial charge in [0.15, 0.2) is 5.69 Å². The number of hydrogen-bond donors (Lipinski definition) is 1. The minimum absolute atomic E-state index is 0.419. The zero-order valence-electron chi connectivity index (χ0n) is 11.9. The molecule has 0 fully saturated rings. The van der Waals surface area contributed by atoms with Crippen molar-refractivity contribution in [3.63, 3.8) is 0 Å². The van der Waals surface area contributed by atoms with E-state index in [1.165, 1.54) is 0 Å². The van der Waals surface area contributed by atoms with E-state index in [9.17, 15) is 18.3 Å². The molecule has 0 aliphatic rings. The van der Waals surface area contributed by atoms with Gasteiger partial charge >= 0.3 is 6.18 Å². The second kappa shape index (κ2) is 5.55. The van der Waals surface area contributed by atoms with E-state index in [0.717, 1.165) is 16.9 Å². The lowest BCUT2D eigenvalue weighted by atomic mass is 9.94. The number of rotatable bonds is 3. The summed E-state index contributed by atoms with van der Waals surface area (Å²) in [6.07, 6.45) is -3.44. The molecule has 0 aliphatic heterocycles. The van der Waals surface area contributed by atoms with Crippen molar-refractivity contribution in [1.82, 2.24) is 9.78 Å². The Morgan fingerprint density at radius 3 is 1.65 bits per heavy atom. The van der Waals surface area contributed by atoms with Crippen LogP contribution in [0, 0.1) is 0 Å². The Bertz CT molecular complexity index is 743. The number of nitrogens with zero attached hydrogens (tertiary/aromatic N) is 2. The zero-order chi connectivity index (χ0) is 16.5. The van der Waals surface area contributed by atoms with Crippen LogP contribution in [-0.2, 0) is 11.9 Å². The largest absolute Gasteiger partial charge is 0.435 e. The maximum absolute atomic E-state index is 12.8. The molecule has 0 bridgehead atoms. The van der Waals surface area contributed by atoms with Crippen LogP contribution < -0.4 is 0 Å². The average molecular weight is 318 g/mol. The van der Waals surface area contributed by atoms with Gasteiger partial charge in [0.2, 0.25) is 5.72 Å². The van der Waals surface area contributed by atoms with E-state index in [0.29, 0.717) is 11.1 Å².